The van der Waals surface area contributed by atoms with Crippen LogP contribution in [0.1, 0.15) is 22.3 Å². The molecule has 0 aliphatic carbocycles. The van der Waals surface area contributed by atoms with Gasteiger partial charge in [0.1, 0.15) is 4.88 Å². The normalized spacial score (nSPS) is 12.0. The molecule has 4 rings (SSSR count). The summed E-state index contributed by atoms with van der Waals surface area (Å²) in [7, 11) is 1.52. The van der Waals surface area contributed by atoms with Gasteiger partial charge in [-0.3, -0.25) is 9.59 Å². The summed E-state index contributed by atoms with van der Waals surface area (Å²) in [5.74, 6) is 0.474. The molecule has 120 valence electrons. The molecule has 3 aromatic rings. The molecular formula is C18H13NO4S. The number of hydrogen-bond donors (Lipinski definition) is 0. The highest BCUT2D eigenvalue weighted by Crippen LogP contribution is 2.42. The van der Waals surface area contributed by atoms with E-state index in [2.05, 4.69) is 0 Å². The number of nitrogens with zero attached hydrogens (tertiary/aromatic N) is 1. The first-order valence-electron chi connectivity index (χ1n) is 7.31. The van der Waals surface area contributed by atoms with Crippen LogP contribution in [0.25, 0.3) is 16.8 Å². The Labute approximate surface area is 142 Å². The average Bonchev–Trinajstić information content (AvgIpc) is 3.23. The highest BCUT2D eigenvalue weighted by Gasteiger charge is 2.31. The Morgan fingerprint density at radius 2 is 2.04 bits per heavy atom. The molecule has 0 radical (unpaired) electrons. The van der Waals surface area contributed by atoms with Crippen molar-refractivity contribution < 1.29 is 19.1 Å². The number of thiophene rings is 1. The number of ether oxygens (including phenoxy) is 2. The molecule has 3 heterocycles. The van der Waals surface area contributed by atoms with E-state index in [0.717, 1.165) is 21.7 Å². The monoisotopic (exact) mass is 339 g/mol. The van der Waals surface area contributed by atoms with Crippen LogP contribution < -0.4 is 9.47 Å². The maximum absolute atomic E-state index is 12.4. The predicted octanol–water partition coefficient (Wildman–Crippen LogP) is 3.68. The Hall–Kier alpha value is -2.86. The Balaban J connectivity index is 1.87. The quantitative estimate of drug-likeness (QED) is 0.422. The molecule has 0 amide bonds. The molecule has 6 heteroatoms. The van der Waals surface area contributed by atoms with Crippen LogP contribution >= 0.6 is 11.3 Å². The summed E-state index contributed by atoms with van der Waals surface area (Å²) in [6, 6.07) is 9.08. The van der Waals surface area contributed by atoms with Gasteiger partial charge in [-0.1, -0.05) is 6.07 Å². The van der Waals surface area contributed by atoms with Gasteiger partial charge in [0.05, 0.1) is 18.5 Å². The molecule has 0 atom stereocenters. The standard InChI is InChI=1S/C18H13NO4S/c1-10(20)23-15-8-11(5-6-14(15)22-2)12-9-24-18-16(12)19-7-3-4-13(19)17(18)21/h3-9H,1-2H3. The van der Waals surface area contributed by atoms with E-state index in [4.69, 9.17) is 9.47 Å². The summed E-state index contributed by atoms with van der Waals surface area (Å²) < 4.78 is 12.4. The smallest absolute Gasteiger partial charge is 0.308 e. The van der Waals surface area contributed by atoms with Gasteiger partial charge in [-0.05, 0) is 29.8 Å². The topological polar surface area (TPSA) is 57.5 Å². The van der Waals surface area contributed by atoms with Crippen molar-refractivity contribution in [3.05, 3.63) is 52.5 Å². The molecule has 1 aromatic carbocycles. The van der Waals surface area contributed by atoms with Crippen molar-refractivity contribution in [1.29, 1.82) is 0 Å². The number of benzene rings is 1. The van der Waals surface area contributed by atoms with Crippen LogP contribution in [-0.2, 0) is 4.79 Å². The summed E-state index contributed by atoms with van der Waals surface area (Å²) in [6.07, 6.45) is 1.88. The van der Waals surface area contributed by atoms with E-state index >= 15 is 0 Å². The van der Waals surface area contributed by atoms with Crippen molar-refractivity contribution in [3.63, 3.8) is 0 Å². The van der Waals surface area contributed by atoms with Gasteiger partial charge in [0.25, 0.3) is 0 Å². The minimum atomic E-state index is -0.413. The maximum Gasteiger partial charge on any atom is 0.308 e. The first kappa shape index (κ1) is 14.7. The van der Waals surface area contributed by atoms with E-state index in [1.54, 1.807) is 12.1 Å². The van der Waals surface area contributed by atoms with Crippen LogP contribution in [-0.4, -0.2) is 23.4 Å². The zero-order valence-electron chi connectivity index (χ0n) is 13.0. The first-order valence-corrected chi connectivity index (χ1v) is 8.19. The highest BCUT2D eigenvalue weighted by molar-refractivity contribution is 7.13. The van der Waals surface area contributed by atoms with Crippen molar-refractivity contribution >= 4 is 23.1 Å². The fourth-order valence-corrected chi connectivity index (χ4v) is 3.93. The summed E-state index contributed by atoms with van der Waals surface area (Å²) in [4.78, 5) is 24.4. The third-order valence-electron chi connectivity index (χ3n) is 3.92. The number of ketones is 1. The molecule has 1 aliphatic rings. The third-order valence-corrected chi connectivity index (χ3v) is 4.89. The van der Waals surface area contributed by atoms with Crippen molar-refractivity contribution in [1.82, 2.24) is 4.57 Å². The van der Waals surface area contributed by atoms with Gasteiger partial charge >= 0.3 is 5.97 Å². The lowest BCUT2D eigenvalue weighted by atomic mass is 10.1. The molecule has 0 fully saturated rings. The molecule has 24 heavy (non-hydrogen) atoms. The lowest BCUT2D eigenvalue weighted by Crippen LogP contribution is -2.03. The average molecular weight is 339 g/mol. The molecular weight excluding hydrogens is 326 g/mol. The van der Waals surface area contributed by atoms with Crippen LogP contribution in [0.3, 0.4) is 0 Å². The van der Waals surface area contributed by atoms with Crippen LogP contribution in [0.15, 0.2) is 41.9 Å². The second-order valence-electron chi connectivity index (χ2n) is 5.38. The van der Waals surface area contributed by atoms with Gasteiger partial charge in [0.2, 0.25) is 5.78 Å². The molecule has 0 saturated carbocycles. The second kappa shape index (κ2) is 5.35. The predicted molar refractivity (Wildman–Crippen MR) is 90.4 cm³/mol. The van der Waals surface area contributed by atoms with Crippen molar-refractivity contribution in [3.8, 4) is 28.3 Å². The highest BCUT2D eigenvalue weighted by atomic mass is 32.1. The molecule has 2 aromatic heterocycles. The van der Waals surface area contributed by atoms with Crippen molar-refractivity contribution in [2.24, 2.45) is 0 Å². The van der Waals surface area contributed by atoms with Crippen LogP contribution in [0.4, 0.5) is 0 Å². The minimum absolute atomic E-state index is 0.0416. The van der Waals surface area contributed by atoms with Gasteiger partial charge in [0, 0.05) is 24.1 Å². The molecule has 5 nitrogen and oxygen atoms in total. The van der Waals surface area contributed by atoms with E-state index in [0.29, 0.717) is 17.2 Å². The fraction of sp³-hybridized carbons (Fsp3) is 0.111. The molecule has 0 spiro atoms. The summed E-state index contributed by atoms with van der Waals surface area (Å²) in [5.41, 5.74) is 3.34. The number of rotatable bonds is 3. The van der Waals surface area contributed by atoms with Crippen molar-refractivity contribution in [2.75, 3.05) is 7.11 Å². The maximum atomic E-state index is 12.4. The van der Waals surface area contributed by atoms with E-state index in [1.807, 2.05) is 34.3 Å². The lowest BCUT2D eigenvalue weighted by Gasteiger charge is -2.11. The first-order chi connectivity index (χ1) is 11.6. The number of methoxy groups -OCH3 is 1. The number of hydrogen-bond acceptors (Lipinski definition) is 5. The largest absolute Gasteiger partial charge is 0.493 e. The Kier molecular flexibility index (Phi) is 3.28. The number of carbonyl (C=O) groups excluding carboxylic acids is 2. The van der Waals surface area contributed by atoms with Crippen LogP contribution in [0, 0.1) is 0 Å². The molecule has 0 saturated heterocycles. The van der Waals surface area contributed by atoms with E-state index < -0.39 is 5.97 Å². The van der Waals surface area contributed by atoms with Gasteiger partial charge in [-0.25, -0.2) is 0 Å². The number of esters is 1. The van der Waals surface area contributed by atoms with Crippen LogP contribution in [0.5, 0.6) is 11.5 Å². The zero-order chi connectivity index (χ0) is 16.8. The lowest BCUT2D eigenvalue weighted by molar-refractivity contribution is -0.132. The fourth-order valence-electron chi connectivity index (χ4n) is 2.91. The minimum Gasteiger partial charge on any atom is -0.493 e. The van der Waals surface area contributed by atoms with E-state index in [-0.39, 0.29) is 5.78 Å². The summed E-state index contributed by atoms with van der Waals surface area (Å²) in [6.45, 7) is 1.35. The van der Waals surface area contributed by atoms with Gasteiger partial charge in [0.15, 0.2) is 11.5 Å². The zero-order valence-corrected chi connectivity index (χ0v) is 13.8. The molecule has 0 unspecified atom stereocenters. The van der Waals surface area contributed by atoms with Crippen molar-refractivity contribution in [2.45, 2.75) is 6.92 Å². The number of aromatic nitrogens is 1. The number of fused-ring (bicyclic) bond motifs is 3. The van der Waals surface area contributed by atoms with E-state index in [9.17, 15) is 9.59 Å². The number of carbonyl (C=O) groups is 2. The Morgan fingerprint density at radius 3 is 2.79 bits per heavy atom. The molecule has 0 bridgehead atoms. The summed E-state index contributed by atoms with van der Waals surface area (Å²) >= 11 is 1.42. The molecule has 0 N–H and O–H groups in total. The Morgan fingerprint density at radius 1 is 1.21 bits per heavy atom. The van der Waals surface area contributed by atoms with Gasteiger partial charge < -0.3 is 14.0 Å². The SMILES string of the molecule is COc1ccc(-c2csc3c2-n2cccc2C3=O)cc1OC(C)=O. The molecule has 1 aliphatic heterocycles. The Bertz CT molecular complexity index is 983. The second-order valence-corrected chi connectivity index (χ2v) is 6.26. The van der Waals surface area contributed by atoms with Gasteiger partial charge in [-0.2, -0.15) is 0 Å². The third kappa shape index (κ3) is 2.07. The van der Waals surface area contributed by atoms with Gasteiger partial charge in [-0.15, -0.1) is 11.3 Å². The van der Waals surface area contributed by atoms with Crippen LogP contribution in [0.2, 0.25) is 0 Å². The van der Waals surface area contributed by atoms with E-state index in [1.165, 1.54) is 25.4 Å². The summed E-state index contributed by atoms with van der Waals surface area (Å²) in [5, 5.41) is 1.95.